The van der Waals surface area contributed by atoms with Crippen LogP contribution in [0.3, 0.4) is 0 Å². The van der Waals surface area contributed by atoms with Gasteiger partial charge < -0.3 is 10.4 Å². The number of hydrogen-bond acceptors (Lipinski definition) is 5. The number of amides is 1. The molecule has 1 saturated heterocycles. The minimum Gasteiger partial charge on any atom is -0.465 e. The molecular weight excluding hydrogens is 271 g/mol. The lowest BCUT2D eigenvalue weighted by Gasteiger charge is -2.33. The molecule has 0 spiro atoms. The third-order valence-electron chi connectivity index (χ3n) is 3.08. The first-order valence-electron chi connectivity index (χ1n) is 5.96. The molecule has 0 unspecified atom stereocenters. The van der Waals surface area contributed by atoms with Crippen molar-refractivity contribution in [3.63, 3.8) is 0 Å². The fourth-order valence-electron chi connectivity index (χ4n) is 2.24. The number of carbonyl (C=O) groups is 1. The Morgan fingerprint density at radius 3 is 2.95 bits per heavy atom. The van der Waals surface area contributed by atoms with Crippen LogP contribution in [-0.4, -0.2) is 46.4 Å². The molecule has 2 atom stereocenters. The van der Waals surface area contributed by atoms with Crippen LogP contribution in [0.5, 0.6) is 0 Å². The van der Waals surface area contributed by atoms with Gasteiger partial charge in [-0.2, -0.15) is 0 Å². The van der Waals surface area contributed by atoms with Gasteiger partial charge in [-0.05, 0) is 6.07 Å². The molecule has 0 aliphatic carbocycles. The fraction of sp³-hybridized carbons (Fsp3) is 0.455. The highest BCUT2D eigenvalue weighted by Crippen LogP contribution is 2.30. The van der Waals surface area contributed by atoms with Gasteiger partial charge in [-0.3, -0.25) is 20.0 Å². The second kappa shape index (κ2) is 5.78. The third-order valence-corrected chi connectivity index (χ3v) is 3.08. The number of aromatic nitrogens is 1. The summed E-state index contributed by atoms with van der Waals surface area (Å²) in [6.45, 7) is 0.397. The van der Waals surface area contributed by atoms with E-state index >= 15 is 0 Å². The minimum absolute atomic E-state index is 0.00121. The largest absolute Gasteiger partial charge is 0.465 e. The van der Waals surface area contributed by atoms with Gasteiger partial charge in [0.2, 0.25) is 0 Å². The summed E-state index contributed by atoms with van der Waals surface area (Å²) in [5, 5.41) is 23.0. The van der Waals surface area contributed by atoms with E-state index in [0.717, 1.165) is 11.1 Å². The van der Waals surface area contributed by atoms with E-state index < -0.39 is 28.9 Å². The molecule has 8 nitrogen and oxygen atoms in total. The van der Waals surface area contributed by atoms with Crippen LogP contribution in [0.4, 0.5) is 20.6 Å². The van der Waals surface area contributed by atoms with Crippen LogP contribution in [-0.2, 0) is 0 Å². The molecule has 1 fully saturated rings. The molecule has 1 aromatic heterocycles. The lowest BCUT2D eigenvalue weighted by molar-refractivity contribution is -0.384. The van der Waals surface area contributed by atoms with Crippen molar-refractivity contribution in [3.8, 4) is 0 Å². The van der Waals surface area contributed by atoms with Crippen molar-refractivity contribution in [2.24, 2.45) is 0 Å². The Bertz CT molecular complexity index is 527. The molecule has 2 heterocycles. The van der Waals surface area contributed by atoms with Gasteiger partial charge in [0.25, 0.3) is 0 Å². The quantitative estimate of drug-likeness (QED) is 0.637. The highest BCUT2D eigenvalue weighted by atomic mass is 19.1. The maximum Gasteiger partial charge on any atom is 0.412 e. The zero-order chi connectivity index (χ0) is 14.7. The fourth-order valence-corrected chi connectivity index (χ4v) is 2.24. The lowest BCUT2D eigenvalue weighted by Crippen LogP contribution is -2.52. The van der Waals surface area contributed by atoms with Crippen LogP contribution in [0.1, 0.15) is 6.42 Å². The minimum atomic E-state index is -1.36. The van der Waals surface area contributed by atoms with Crippen molar-refractivity contribution in [1.29, 1.82) is 0 Å². The van der Waals surface area contributed by atoms with Gasteiger partial charge in [0, 0.05) is 25.7 Å². The summed E-state index contributed by atoms with van der Waals surface area (Å²) in [6, 6.07) is 0.547. The summed E-state index contributed by atoms with van der Waals surface area (Å²) in [7, 11) is 0. The molecule has 1 aliphatic rings. The highest BCUT2D eigenvalue weighted by molar-refractivity contribution is 5.89. The molecular formula is C11H13FN4O4. The summed E-state index contributed by atoms with van der Waals surface area (Å²) in [5.74, 6) is 0. The highest BCUT2D eigenvalue weighted by Gasteiger charge is 2.34. The normalized spacial score (nSPS) is 22.2. The molecule has 0 radical (unpaired) electrons. The molecule has 0 bridgehead atoms. The van der Waals surface area contributed by atoms with E-state index in [4.69, 9.17) is 0 Å². The smallest absolute Gasteiger partial charge is 0.412 e. The Morgan fingerprint density at radius 1 is 1.60 bits per heavy atom. The van der Waals surface area contributed by atoms with E-state index in [-0.39, 0.29) is 25.2 Å². The zero-order valence-electron chi connectivity index (χ0n) is 10.4. The average Bonchev–Trinajstić information content (AvgIpc) is 2.39. The number of nitro groups is 1. The van der Waals surface area contributed by atoms with Crippen molar-refractivity contribution >= 4 is 17.5 Å². The second-order valence-electron chi connectivity index (χ2n) is 4.42. The Hall–Kier alpha value is -2.29. The predicted octanol–water partition coefficient (Wildman–Crippen LogP) is 1.17. The average molecular weight is 284 g/mol. The molecule has 1 aromatic rings. The van der Waals surface area contributed by atoms with Crippen molar-refractivity contribution in [1.82, 2.24) is 10.3 Å². The maximum atomic E-state index is 13.4. The van der Waals surface area contributed by atoms with Crippen molar-refractivity contribution in [2.45, 2.75) is 18.6 Å². The number of alkyl halides is 1. The van der Waals surface area contributed by atoms with Crippen LogP contribution in [0.15, 0.2) is 18.5 Å². The monoisotopic (exact) mass is 284 g/mol. The second-order valence-corrected chi connectivity index (χ2v) is 4.42. The van der Waals surface area contributed by atoms with Gasteiger partial charge in [0.05, 0.1) is 11.0 Å². The number of nitrogens with one attached hydrogen (secondary N) is 1. The van der Waals surface area contributed by atoms with E-state index in [1.807, 2.05) is 0 Å². The number of piperidine rings is 1. The van der Waals surface area contributed by atoms with Crippen LogP contribution in [0.25, 0.3) is 0 Å². The number of rotatable bonds is 3. The third kappa shape index (κ3) is 2.82. The van der Waals surface area contributed by atoms with Crippen LogP contribution in [0.2, 0.25) is 0 Å². The number of pyridine rings is 1. The summed E-state index contributed by atoms with van der Waals surface area (Å²) < 4.78 is 13.4. The number of halogens is 1. The van der Waals surface area contributed by atoms with E-state index in [1.54, 1.807) is 0 Å². The summed E-state index contributed by atoms with van der Waals surface area (Å²) in [4.78, 5) is 26.1. The topological polar surface area (TPSA) is 109 Å². The molecule has 1 aliphatic heterocycles. The summed E-state index contributed by atoms with van der Waals surface area (Å²) in [6.07, 6.45) is -0.300. The number of hydrogen-bond donors (Lipinski definition) is 2. The number of carboxylic acid groups (broad SMARTS) is 1. The van der Waals surface area contributed by atoms with Crippen LogP contribution in [0, 0.1) is 10.1 Å². The van der Waals surface area contributed by atoms with E-state index in [0.29, 0.717) is 0 Å². The van der Waals surface area contributed by atoms with Gasteiger partial charge in [0.15, 0.2) is 0 Å². The molecule has 9 heteroatoms. The summed E-state index contributed by atoms with van der Waals surface area (Å²) in [5.41, 5.74) is -0.519. The molecule has 108 valence electrons. The Morgan fingerprint density at radius 2 is 2.35 bits per heavy atom. The predicted molar refractivity (Wildman–Crippen MR) is 67.6 cm³/mol. The van der Waals surface area contributed by atoms with Crippen molar-refractivity contribution in [3.05, 3.63) is 28.6 Å². The maximum absolute atomic E-state index is 13.4. The van der Waals surface area contributed by atoms with Gasteiger partial charge >= 0.3 is 11.8 Å². The first-order chi connectivity index (χ1) is 9.50. The first-order valence-corrected chi connectivity index (χ1v) is 5.96. The number of anilines is 1. The Balaban J connectivity index is 2.38. The van der Waals surface area contributed by atoms with Gasteiger partial charge in [-0.15, -0.1) is 0 Å². The van der Waals surface area contributed by atoms with E-state index in [2.05, 4.69) is 10.3 Å². The first kappa shape index (κ1) is 14.1. The Kier molecular flexibility index (Phi) is 4.08. The van der Waals surface area contributed by atoms with Crippen LogP contribution < -0.4 is 10.2 Å². The molecule has 2 rings (SSSR count). The molecule has 0 saturated carbocycles. The van der Waals surface area contributed by atoms with E-state index in [1.165, 1.54) is 12.3 Å². The van der Waals surface area contributed by atoms with Crippen LogP contribution >= 0.6 is 0 Å². The van der Waals surface area contributed by atoms with Gasteiger partial charge in [-0.1, -0.05) is 0 Å². The molecule has 0 aromatic carbocycles. The van der Waals surface area contributed by atoms with Gasteiger partial charge in [-0.25, -0.2) is 9.18 Å². The zero-order valence-corrected chi connectivity index (χ0v) is 10.4. The SMILES string of the molecule is O=C(O)N(c1ccncc1[N+](=O)[O-])[C@@H]1CNC[C@H](F)C1. The summed E-state index contributed by atoms with van der Waals surface area (Å²) >= 11 is 0. The molecule has 2 N–H and O–H groups in total. The van der Waals surface area contributed by atoms with Gasteiger partial charge in [0.1, 0.15) is 18.1 Å². The van der Waals surface area contributed by atoms with Crippen molar-refractivity contribution < 1.29 is 19.2 Å². The van der Waals surface area contributed by atoms with Crippen molar-refractivity contribution in [2.75, 3.05) is 18.0 Å². The lowest BCUT2D eigenvalue weighted by atomic mass is 10.0. The number of nitrogens with zero attached hydrogens (tertiary/aromatic N) is 3. The molecule has 20 heavy (non-hydrogen) atoms. The standard InChI is InChI=1S/C11H13FN4O4/c12-7-3-8(5-14-4-7)15(11(17)18)9-1-2-13-6-10(9)16(19)20/h1-2,6-8,14H,3-5H2,(H,17,18)/t7-,8+/m1/s1. The Labute approximate surface area is 113 Å². The molecule has 1 amide bonds. The van der Waals surface area contributed by atoms with E-state index in [9.17, 15) is 24.4 Å².